The molecule has 0 radical (unpaired) electrons. The van der Waals surface area contributed by atoms with E-state index in [9.17, 15) is 4.79 Å². The maximum absolute atomic E-state index is 12.8. The molecule has 1 saturated heterocycles. The predicted molar refractivity (Wildman–Crippen MR) is 113 cm³/mol. The molecular weight excluding hydrogens is 382 g/mol. The van der Waals surface area contributed by atoms with E-state index in [1.54, 1.807) is 18.6 Å². The molecule has 1 aliphatic heterocycles. The third kappa shape index (κ3) is 4.40. The summed E-state index contributed by atoms with van der Waals surface area (Å²) in [6.07, 6.45) is 7.36. The molecule has 156 valence electrons. The standard InChI is InChI=1S/C21H25N7O2/c1-14(2)17(20-26-18(27-30-20)15-7-5-9-22-13-15)25-21(29)24-16-8-6-10-23-19(16)28-11-3-4-12-28/h5-10,13-14,17H,3-4,11-12H2,1-2H3,(H2,24,25,29). The zero-order valence-electron chi connectivity index (χ0n) is 17.1. The highest BCUT2D eigenvalue weighted by Gasteiger charge is 2.26. The molecule has 9 heteroatoms. The number of hydrogen-bond donors (Lipinski definition) is 2. The van der Waals surface area contributed by atoms with Crippen LogP contribution >= 0.6 is 0 Å². The fourth-order valence-electron chi connectivity index (χ4n) is 3.46. The number of pyridine rings is 2. The average molecular weight is 407 g/mol. The first-order valence-corrected chi connectivity index (χ1v) is 10.1. The first-order chi connectivity index (χ1) is 14.6. The molecule has 0 bridgehead atoms. The van der Waals surface area contributed by atoms with Gasteiger partial charge >= 0.3 is 6.03 Å². The maximum Gasteiger partial charge on any atom is 0.320 e. The quantitative estimate of drug-likeness (QED) is 0.642. The number of nitrogens with zero attached hydrogens (tertiary/aromatic N) is 5. The van der Waals surface area contributed by atoms with Gasteiger partial charge in [-0.1, -0.05) is 19.0 Å². The second-order valence-corrected chi connectivity index (χ2v) is 7.59. The van der Waals surface area contributed by atoms with Gasteiger partial charge in [0.2, 0.25) is 11.7 Å². The van der Waals surface area contributed by atoms with Crippen molar-refractivity contribution >= 4 is 17.5 Å². The summed E-state index contributed by atoms with van der Waals surface area (Å²) in [5.74, 6) is 1.63. The van der Waals surface area contributed by atoms with E-state index in [1.165, 1.54) is 0 Å². The van der Waals surface area contributed by atoms with E-state index in [4.69, 9.17) is 4.52 Å². The van der Waals surface area contributed by atoms with Gasteiger partial charge < -0.3 is 20.1 Å². The van der Waals surface area contributed by atoms with Crippen molar-refractivity contribution in [3.8, 4) is 11.4 Å². The van der Waals surface area contributed by atoms with Crippen molar-refractivity contribution in [1.29, 1.82) is 0 Å². The van der Waals surface area contributed by atoms with Crippen LogP contribution in [0.1, 0.15) is 38.6 Å². The van der Waals surface area contributed by atoms with Gasteiger partial charge in [-0.05, 0) is 43.0 Å². The molecule has 0 saturated carbocycles. The van der Waals surface area contributed by atoms with Gasteiger partial charge in [-0.3, -0.25) is 4.98 Å². The van der Waals surface area contributed by atoms with Gasteiger partial charge in [0.1, 0.15) is 6.04 Å². The summed E-state index contributed by atoms with van der Waals surface area (Å²) < 4.78 is 5.45. The van der Waals surface area contributed by atoms with Crippen LogP contribution in [0.5, 0.6) is 0 Å². The summed E-state index contributed by atoms with van der Waals surface area (Å²) in [6, 6.07) is 6.56. The van der Waals surface area contributed by atoms with E-state index >= 15 is 0 Å². The van der Waals surface area contributed by atoms with Crippen LogP contribution in [-0.2, 0) is 0 Å². The van der Waals surface area contributed by atoms with E-state index in [0.717, 1.165) is 37.3 Å². The summed E-state index contributed by atoms with van der Waals surface area (Å²) in [7, 11) is 0. The van der Waals surface area contributed by atoms with Gasteiger partial charge in [0.05, 0.1) is 5.69 Å². The minimum Gasteiger partial charge on any atom is -0.355 e. The summed E-state index contributed by atoms with van der Waals surface area (Å²) in [4.78, 5) is 28.0. The zero-order valence-corrected chi connectivity index (χ0v) is 17.1. The number of nitrogens with one attached hydrogen (secondary N) is 2. The minimum absolute atomic E-state index is 0.0462. The highest BCUT2D eigenvalue weighted by Crippen LogP contribution is 2.27. The molecule has 4 heterocycles. The topological polar surface area (TPSA) is 109 Å². The van der Waals surface area contributed by atoms with Crippen LogP contribution < -0.4 is 15.5 Å². The van der Waals surface area contributed by atoms with Gasteiger partial charge in [0.25, 0.3) is 0 Å². The lowest BCUT2D eigenvalue weighted by Gasteiger charge is -2.22. The molecule has 30 heavy (non-hydrogen) atoms. The van der Waals surface area contributed by atoms with Gasteiger partial charge in [0.15, 0.2) is 5.82 Å². The van der Waals surface area contributed by atoms with Crippen LogP contribution in [0.15, 0.2) is 47.4 Å². The Kier molecular flexibility index (Phi) is 5.87. The minimum atomic E-state index is -0.435. The molecule has 2 amide bonds. The van der Waals surface area contributed by atoms with E-state index in [-0.39, 0.29) is 11.9 Å². The predicted octanol–water partition coefficient (Wildman–Crippen LogP) is 3.65. The Labute approximate surface area is 174 Å². The molecule has 3 aromatic rings. The molecule has 0 aromatic carbocycles. The number of anilines is 2. The number of hydrogen-bond acceptors (Lipinski definition) is 7. The molecule has 1 aliphatic rings. The molecule has 0 spiro atoms. The van der Waals surface area contributed by atoms with Crippen molar-refractivity contribution in [3.63, 3.8) is 0 Å². The lowest BCUT2D eigenvalue weighted by Crippen LogP contribution is -2.36. The molecule has 1 atom stereocenters. The average Bonchev–Trinajstić information content (AvgIpc) is 3.45. The molecule has 1 fully saturated rings. The second kappa shape index (κ2) is 8.89. The third-order valence-corrected chi connectivity index (χ3v) is 5.02. The molecule has 4 rings (SSSR count). The lowest BCUT2D eigenvalue weighted by atomic mass is 10.0. The van der Waals surface area contributed by atoms with Crippen molar-refractivity contribution in [2.45, 2.75) is 32.7 Å². The SMILES string of the molecule is CC(C)C(NC(=O)Nc1cccnc1N1CCCC1)c1nc(-c2cccnc2)no1. The number of urea groups is 1. The Morgan fingerprint density at radius 2 is 1.97 bits per heavy atom. The number of carbonyl (C=O) groups is 1. The fraction of sp³-hybridized carbons (Fsp3) is 0.381. The summed E-state index contributed by atoms with van der Waals surface area (Å²) in [6.45, 7) is 5.86. The number of carbonyl (C=O) groups excluding carboxylic acids is 1. The van der Waals surface area contributed by atoms with Crippen LogP contribution in [-0.4, -0.2) is 39.2 Å². The van der Waals surface area contributed by atoms with Crippen LogP contribution in [0.25, 0.3) is 11.4 Å². The smallest absolute Gasteiger partial charge is 0.320 e. The summed E-state index contributed by atoms with van der Waals surface area (Å²) >= 11 is 0. The molecule has 9 nitrogen and oxygen atoms in total. The Hall–Kier alpha value is -3.49. The van der Waals surface area contributed by atoms with Crippen LogP contribution in [0.3, 0.4) is 0 Å². The van der Waals surface area contributed by atoms with E-state index in [0.29, 0.717) is 17.4 Å². The highest BCUT2D eigenvalue weighted by atomic mass is 16.5. The normalized spacial score (nSPS) is 14.7. The number of amides is 2. The second-order valence-electron chi connectivity index (χ2n) is 7.59. The largest absolute Gasteiger partial charge is 0.355 e. The summed E-state index contributed by atoms with van der Waals surface area (Å²) in [5.41, 5.74) is 1.44. The van der Waals surface area contributed by atoms with Gasteiger partial charge in [-0.25, -0.2) is 9.78 Å². The van der Waals surface area contributed by atoms with Crippen molar-refractivity contribution < 1.29 is 9.32 Å². The van der Waals surface area contributed by atoms with Crippen LogP contribution in [0, 0.1) is 5.92 Å². The van der Waals surface area contributed by atoms with E-state index in [2.05, 4.69) is 35.6 Å². The van der Waals surface area contributed by atoms with E-state index in [1.807, 2.05) is 38.1 Å². The Balaban J connectivity index is 1.48. The summed E-state index contributed by atoms with van der Waals surface area (Å²) in [5, 5.41) is 9.92. The van der Waals surface area contributed by atoms with Crippen LogP contribution in [0.2, 0.25) is 0 Å². The Morgan fingerprint density at radius 3 is 2.70 bits per heavy atom. The molecular formula is C21H25N7O2. The number of rotatable bonds is 6. The van der Waals surface area contributed by atoms with Crippen molar-refractivity contribution in [3.05, 3.63) is 48.7 Å². The Bertz CT molecular complexity index is 984. The number of aromatic nitrogens is 4. The maximum atomic E-state index is 12.8. The van der Waals surface area contributed by atoms with Crippen molar-refractivity contribution in [1.82, 2.24) is 25.4 Å². The van der Waals surface area contributed by atoms with Crippen LogP contribution in [0.4, 0.5) is 16.3 Å². The fourth-order valence-corrected chi connectivity index (χ4v) is 3.46. The highest BCUT2D eigenvalue weighted by molar-refractivity contribution is 5.92. The van der Waals surface area contributed by atoms with Gasteiger partial charge in [-0.2, -0.15) is 4.98 Å². The molecule has 1 unspecified atom stereocenters. The zero-order chi connectivity index (χ0) is 20.9. The van der Waals surface area contributed by atoms with Gasteiger partial charge in [0, 0.05) is 37.2 Å². The Morgan fingerprint density at radius 1 is 1.17 bits per heavy atom. The van der Waals surface area contributed by atoms with Crippen molar-refractivity contribution in [2.75, 3.05) is 23.3 Å². The lowest BCUT2D eigenvalue weighted by molar-refractivity contribution is 0.236. The first kappa shape index (κ1) is 19.8. The first-order valence-electron chi connectivity index (χ1n) is 10.1. The van der Waals surface area contributed by atoms with Crippen molar-refractivity contribution in [2.24, 2.45) is 5.92 Å². The van der Waals surface area contributed by atoms with Gasteiger partial charge in [-0.15, -0.1) is 0 Å². The molecule has 0 aliphatic carbocycles. The van der Waals surface area contributed by atoms with E-state index < -0.39 is 6.04 Å². The third-order valence-electron chi connectivity index (χ3n) is 5.02. The molecule has 3 aromatic heterocycles. The monoisotopic (exact) mass is 407 g/mol. The molecule has 2 N–H and O–H groups in total.